The molecule has 0 N–H and O–H groups in total. The van der Waals surface area contributed by atoms with Crippen LogP contribution in [0, 0.1) is 0 Å². The minimum atomic E-state index is 0.296. The van der Waals surface area contributed by atoms with Crippen LogP contribution in [0.3, 0.4) is 0 Å². The summed E-state index contributed by atoms with van der Waals surface area (Å²) in [4.78, 5) is 15.6. The van der Waals surface area contributed by atoms with E-state index in [1.165, 1.54) is 6.42 Å². The van der Waals surface area contributed by atoms with Gasteiger partial charge in [-0.25, -0.2) is 0 Å². The number of ketones is 1. The molecule has 12 heavy (non-hydrogen) atoms. The molecule has 0 unspecified atom stereocenters. The van der Waals surface area contributed by atoms with Gasteiger partial charge >= 0.3 is 0 Å². The number of fused-ring (bicyclic) bond motifs is 2. The van der Waals surface area contributed by atoms with Crippen molar-refractivity contribution in [3.05, 3.63) is 0 Å². The predicted octanol–water partition coefficient (Wildman–Crippen LogP) is -0.0363. The van der Waals surface area contributed by atoms with Crippen molar-refractivity contribution in [1.82, 2.24) is 9.80 Å². The Morgan fingerprint density at radius 2 is 2.17 bits per heavy atom. The highest BCUT2D eigenvalue weighted by atomic mass is 16.1. The van der Waals surface area contributed by atoms with Gasteiger partial charge in [0.05, 0.1) is 6.54 Å². The molecule has 2 heterocycles. The van der Waals surface area contributed by atoms with E-state index in [1.54, 1.807) is 6.92 Å². The van der Waals surface area contributed by atoms with Crippen LogP contribution in [0.25, 0.3) is 0 Å². The average molecular weight is 168 g/mol. The maximum atomic E-state index is 10.9. The summed E-state index contributed by atoms with van der Waals surface area (Å²) in [5, 5.41) is 0. The quantitative estimate of drug-likeness (QED) is 0.578. The van der Waals surface area contributed by atoms with Crippen molar-refractivity contribution >= 4 is 5.78 Å². The molecule has 2 aliphatic rings. The Kier molecular flexibility index (Phi) is 1.93. The lowest BCUT2D eigenvalue weighted by atomic mass is 10.2. The molecule has 0 aromatic heterocycles. The summed E-state index contributed by atoms with van der Waals surface area (Å²) in [6.45, 7) is 4.59. The monoisotopic (exact) mass is 168 g/mol. The molecule has 0 saturated carbocycles. The Balaban J connectivity index is 1.94. The van der Waals surface area contributed by atoms with Crippen LogP contribution < -0.4 is 0 Å². The molecule has 3 heteroatoms. The molecular weight excluding hydrogens is 152 g/mol. The van der Waals surface area contributed by atoms with Crippen molar-refractivity contribution in [3.63, 3.8) is 0 Å². The number of hydrogen-bond acceptors (Lipinski definition) is 3. The van der Waals surface area contributed by atoms with E-state index in [9.17, 15) is 4.79 Å². The van der Waals surface area contributed by atoms with Gasteiger partial charge in [-0.05, 0) is 20.4 Å². The number of likely N-dealkylation sites (tertiary alicyclic amines) is 2. The van der Waals surface area contributed by atoms with Gasteiger partial charge in [-0.1, -0.05) is 0 Å². The highest BCUT2D eigenvalue weighted by Crippen LogP contribution is 2.28. The minimum Gasteiger partial charge on any atom is -0.301 e. The molecule has 3 nitrogen and oxygen atoms in total. The summed E-state index contributed by atoms with van der Waals surface area (Å²) in [5.41, 5.74) is 0. The van der Waals surface area contributed by atoms with Gasteiger partial charge in [0, 0.05) is 25.2 Å². The van der Waals surface area contributed by atoms with E-state index < -0.39 is 0 Å². The molecule has 0 radical (unpaired) electrons. The first-order valence-electron chi connectivity index (χ1n) is 4.60. The second kappa shape index (κ2) is 2.82. The molecule has 2 rings (SSSR count). The number of carbonyl (C=O) groups excluding carboxylic acids is 1. The highest BCUT2D eigenvalue weighted by molar-refractivity contribution is 5.77. The fourth-order valence-corrected chi connectivity index (χ4v) is 2.43. The summed E-state index contributed by atoms with van der Waals surface area (Å²) in [7, 11) is 2.18. The molecule has 0 aromatic rings. The standard InChI is InChI=1S/C9H16N2O/c1-7(12)4-11-6-8-3-9(11)5-10(8)2/h8-9H,3-6H2,1-2H3/t8-,9-/m0/s1. The molecule has 2 fully saturated rings. The number of piperazine rings is 1. The Morgan fingerprint density at radius 1 is 1.42 bits per heavy atom. The molecule has 2 saturated heterocycles. The van der Waals surface area contributed by atoms with Crippen molar-refractivity contribution in [3.8, 4) is 0 Å². The molecule has 0 amide bonds. The lowest BCUT2D eigenvalue weighted by Gasteiger charge is -2.30. The molecule has 2 atom stereocenters. The second-order valence-corrected chi connectivity index (χ2v) is 4.11. The molecular formula is C9H16N2O. The van der Waals surface area contributed by atoms with Gasteiger partial charge in [-0.2, -0.15) is 0 Å². The summed E-state index contributed by atoms with van der Waals surface area (Å²) >= 11 is 0. The van der Waals surface area contributed by atoms with Gasteiger partial charge in [0.1, 0.15) is 5.78 Å². The summed E-state index contributed by atoms with van der Waals surface area (Å²) in [6.07, 6.45) is 1.27. The molecule has 0 aromatic carbocycles. The third-order valence-electron chi connectivity index (χ3n) is 3.05. The number of hydrogen-bond donors (Lipinski definition) is 0. The lowest BCUT2D eigenvalue weighted by molar-refractivity contribution is -0.118. The Bertz CT molecular complexity index is 203. The largest absolute Gasteiger partial charge is 0.301 e. The van der Waals surface area contributed by atoms with Gasteiger partial charge in [0.2, 0.25) is 0 Å². The van der Waals surface area contributed by atoms with Gasteiger partial charge in [0.15, 0.2) is 0 Å². The molecule has 2 aliphatic heterocycles. The van der Waals surface area contributed by atoms with Crippen molar-refractivity contribution in [2.75, 3.05) is 26.7 Å². The SMILES string of the molecule is CC(=O)CN1C[C@@H]2C[C@H]1CN2C. The lowest BCUT2D eigenvalue weighted by Crippen LogP contribution is -2.45. The van der Waals surface area contributed by atoms with E-state index in [1.807, 2.05) is 0 Å². The topological polar surface area (TPSA) is 23.6 Å². The normalized spacial score (nSPS) is 36.2. The van der Waals surface area contributed by atoms with Crippen LogP contribution in [-0.4, -0.2) is 54.3 Å². The van der Waals surface area contributed by atoms with Gasteiger partial charge < -0.3 is 4.90 Å². The molecule has 68 valence electrons. The third kappa shape index (κ3) is 1.27. The summed E-state index contributed by atoms with van der Waals surface area (Å²) in [6, 6.07) is 1.37. The van der Waals surface area contributed by atoms with E-state index in [0.29, 0.717) is 24.4 Å². The van der Waals surface area contributed by atoms with Crippen LogP contribution in [0.1, 0.15) is 13.3 Å². The zero-order chi connectivity index (χ0) is 8.72. The number of rotatable bonds is 2. The Hall–Kier alpha value is -0.410. The van der Waals surface area contributed by atoms with Crippen LogP contribution in [0.15, 0.2) is 0 Å². The van der Waals surface area contributed by atoms with E-state index >= 15 is 0 Å². The first-order chi connectivity index (χ1) is 5.66. The first kappa shape index (κ1) is 8.20. The van der Waals surface area contributed by atoms with Crippen molar-refractivity contribution < 1.29 is 4.79 Å². The van der Waals surface area contributed by atoms with E-state index in [-0.39, 0.29) is 0 Å². The molecule has 2 bridgehead atoms. The maximum Gasteiger partial charge on any atom is 0.143 e. The van der Waals surface area contributed by atoms with Crippen molar-refractivity contribution in [1.29, 1.82) is 0 Å². The Morgan fingerprint density at radius 3 is 2.58 bits per heavy atom. The van der Waals surface area contributed by atoms with Crippen LogP contribution in [0.4, 0.5) is 0 Å². The zero-order valence-electron chi connectivity index (χ0n) is 7.79. The fraction of sp³-hybridized carbons (Fsp3) is 0.889. The van der Waals surface area contributed by atoms with Crippen LogP contribution in [0.2, 0.25) is 0 Å². The van der Waals surface area contributed by atoms with Crippen LogP contribution >= 0.6 is 0 Å². The molecule has 0 aliphatic carbocycles. The maximum absolute atomic E-state index is 10.9. The highest BCUT2D eigenvalue weighted by Gasteiger charge is 2.41. The number of Topliss-reactive ketones (excluding diaryl/α,β-unsaturated/α-hetero) is 1. The van der Waals surface area contributed by atoms with Crippen molar-refractivity contribution in [2.45, 2.75) is 25.4 Å². The first-order valence-corrected chi connectivity index (χ1v) is 4.60. The zero-order valence-corrected chi connectivity index (χ0v) is 7.79. The average Bonchev–Trinajstić information content (AvgIpc) is 2.44. The number of likely N-dealkylation sites (N-methyl/N-ethyl adjacent to an activating group) is 1. The Labute approximate surface area is 73.3 Å². The minimum absolute atomic E-state index is 0.296. The molecule has 0 spiro atoms. The summed E-state index contributed by atoms with van der Waals surface area (Å²) < 4.78 is 0. The van der Waals surface area contributed by atoms with Crippen molar-refractivity contribution in [2.24, 2.45) is 0 Å². The third-order valence-corrected chi connectivity index (χ3v) is 3.05. The number of carbonyl (C=O) groups is 1. The van der Waals surface area contributed by atoms with Gasteiger partial charge in [-0.3, -0.25) is 9.69 Å². The van der Waals surface area contributed by atoms with Gasteiger partial charge in [-0.15, -0.1) is 0 Å². The van der Waals surface area contributed by atoms with E-state index in [4.69, 9.17) is 0 Å². The van der Waals surface area contributed by atoms with E-state index in [0.717, 1.165) is 13.1 Å². The van der Waals surface area contributed by atoms with E-state index in [2.05, 4.69) is 16.8 Å². The number of nitrogens with zero attached hydrogens (tertiary/aromatic N) is 2. The second-order valence-electron chi connectivity index (χ2n) is 4.11. The van der Waals surface area contributed by atoms with Crippen LogP contribution in [-0.2, 0) is 4.79 Å². The predicted molar refractivity (Wildman–Crippen MR) is 47.1 cm³/mol. The van der Waals surface area contributed by atoms with Crippen LogP contribution in [0.5, 0.6) is 0 Å². The fourth-order valence-electron chi connectivity index (χ4n) is 2.43. The summed E-state index contributed by atoms with van der Waals surface area (Å²) in [5.74, 6) is 0.296. The van der Waals surface area contributed by atoms with Gasteiger partial charge in [0.25, 0.3) is 0 Å². The smallest absolute Gasteiger partial charge is 0.143 e.